The van der Waals surface area contributed by atoms with Crippen molar-refractivity contribution in [2.45, 2.75) is 36.0 Å². The second kappa shape index (κ2) is 15.8. The summed E-state index contributed by atoms with van der Waals surface area (Å²) < 4.78 is 2.98. The van der Waals surface area contributed by atoms with Gasteiger partial charge in [-0.15, -0.1) is 0 Å². The Hall–Kier alpha value is -3.06. The van der Waals surface area contributed by atoms with Gasteiger partial charge in [0.1, 0.15) is 6.04 Å². The highest BCUT2D eigenvalue weighted by atomic mass is 32.2. The molecule has 0 radical (unpaired) electrons. The quantitative estimate of drug-likeness (QED) is 0.0870. The Morgan fingerprint density at radius 1 is 0.917 bits per heavy atom. The number of carboxylic acid groups (broad SMARTS) is 1. The van der Waals surface area contributed by atoms with Crippen LogP contribution in [0.15, 0.2) is 53.4 Å². The van der Waals surface area contributed by atoms with Crippen LogP contribution in [-0.2, 0) is 26.6 Å². The standard InChI is InChI=1S/C24H30N4O6S2/c1-35-15-17-4-2-16(3-5-17)6-11-21(29)25-14-20(23(31)28-34)27-22(30)12-13-26-36-19-9-7-18(8-10-19)24(32)33/h2-5,7-10,20,26,34H,6,11-15H2,1H3,(H,25,29)(H,27,30)(H,28,31)(H,32,33)/t20-/m0/s1. The zero-order valence-electron chi connectivity index (χ0n) is 19.8. The molecule has 0 saturated carbocycles. The number of benzene rings is 2. The maximum Gasteiger partial charge on any atom is 0.335 e. The molecule has 1 atom stereocenters. The van der Waals surface area contributed by atoms with Gasteiger partial charge in [0, 0.05) is 36.6 Å². The number of aryl methyl sites for hydroxylation is 1. The molecule has 3 amide bonds. The monoisotopic (exact) mass is 534 g/mol. The Kier molecular flexibility index (Phi) is 12.8. The van der Waals surface area contributed by atoms with Gasteiger partial charge < -0.3 is 15.7 Å². The average Bonchev–Trinajstić information content (AvgIpc) is 2.88. The van der Waals surface area contributed by atoms with Crippen molar-refractivity contribution in [2.24, 2.45) is 0 Å². The van der Waals surface area contributed by atoms with Crippen molar-refractivity contribution in [3.63, 3.8) is 0 Å². The number of amides is 3. The van der Waals surface area contributed by atoms with Crippen LogP contribution in [0.4, 0.5) is 0 Å². The number of carbonyl (C=O) groups excluding carboxylic acids is 3. The van der Waals surface area contributed by atoms with Crippen LogP contribution in [0.1, 0.15) is 34.3 Å². The molecule has 0 spiro atoms. The van der Waals surface area contributed by atoms with E-state index in [1.807, 2.05) is 30.5 Å². The highest BCUT2D eigenvalue weighted by Crippen LogP contribution is 2.15. The summed E-state index contributed by atoms with van der Waals surface area (Å²) >= 11 is 2.97. The Balaban J connectivity index is 1.71. The molecular weight excluding hydrogens is 504 g/mol. The molecule has 0 aliphatic heterocycles. The number of nitrogens with one attached hydrogen (secondary N) is 4. The molecule has 0 aliphatic carbocycles. The first-order chi connectivity index (χ1) is 17.3. The fourth-order valence-corrected chi connectivity index (χ4v) is 4.22. The lowest BCUT2D eigenvalue weighted by Crippen LogP contribution is -2.52. The largest absolute Gasteiger partial charge is 0.478 e. The number of thioether (sulfide) groups is 1. The van der Waals surface area contributed by atoms with E-state index < -0.39 is 23.8 Å². The number of hydrogen-bond donors (Lipinski definition) is 6. The number of rotatable bonds is 15. The van der Waals surface area contributed by atoms with Crippen molar-refractivity contribution in [2.75, 3.05) is 19.3 Å². The van der Waals surface area contributed by atoms with Crippen molar-refractivity contribution < 1.29 is 29.5 Å². The molecule has 194 valence electrons. The minimum atomic E-state index is -1.13. The van der Waals surface area contributed by atoms with Gasteiger partial charge in [-0.25, -0.2) is 10.3 Å². The summed E-state index contributed by atoms with van der Waals surface area (Å²) in [6, 6.07) is 13.2. The van der Waals surface area contributed by atoms with Crippen molar-refractivity contribution in [3.05, 3.63) is 65.2 Å². The maximum atomic E-state index is 12.2. The molecule has 36 heavy (non-hydrogen) atoms. The molecule has 2 rings (SSSR count). The minimum Gasteiger partial charge on any atom is -0.478 e. The van der Waals surface area contributed by atoms with Crippen LogP contribution >= 0.6 is 23.7 Å². The lowest BCUT2D eigenvalue weighted by atomic mass is 10.1. The summed E-state index contributed by atoms with van der Waals surface area (Å²) in [6.45, 7) is 0.106. The zero-order valence-corrected chi connectivity index (χ0v) is 21.4. The van der Waals surface area contributed by atoms with Gasteiger partial charge in [0.2, 0.25) is 11.8 Å². The van der Waals surface area contributed by atoms with Crippen molar-refractivity contribution in [3.8, 4) is 0 Å². The van der Waals surface area contributed by atoms with Crippen LogP contribution in [0, 0.1) is 0 Å². The van der Waals surface area contributed by atoms with Gasteiger partial charge in [0.05, 0.1) is 5.56 Å². The first-order valence-corrected chi connectivity index (χ1v) is 13.3. The molecular formula is C24H30N4O6S2. The number of hydrogen-bond acceptors (Lipinski definition) is 8. The predicted octanol–water partition coefficient (Wildman–Crippen LogP) is 1.97. The lowest BCUT2D eigenvalue weighted by Gasteiger charge is -2.17. The number of carboxylic acids is 1. The summed E-state index contributed by atoms with van der Waals surface area (Å²) in [5, 5.41) is 23.0. The number of aromatic carboxylic acids is 1. The van der Waals surface area contributed by atoms with E-state index in [-0.39, 0.29) is 37.4 Å². The van der Waals surface area contributed by atoms with Crippen molar-refractivity contribution >= 4 is 47.4 Å². The smallest absolute Gasteiger partial charge is 0.335 e. The molecule has 6 N–H and O–H groups in total. The summed E-state index contributed by atoms with van der Waals surface area (Å²) in [5.41, 5.74) is 3.92. The molecule has 2 aromatic carbocycles. The zero-order chi connectivity index (χ0) is 26.3. The highest BCUT2D eigenvalue weighted by molar-refractivity contribution is 7.97. The van der Waals surface area contributed by atoms with Crippen molar-refractivity contribution in [1.29, 1.82) is 0 Å². The topological polar surface area (TPSA) is 157 Å². The normalized spacial score (nSPS) is 11.4. The van der Waals surface area contributed by atoms with Crippen LogP contribution in [0.5, 0.6) is 0 Å². The second-order valence-electron chi connectivity index (χ2n) is 7.73. The maximum absolute atomic E-state index is 12.2. The SMILES string of the molecule is CSCc1ccc(CCC(=O)NC[C@H](NC(=O)CCNSc2ccc(C(=O)O)cc2)C(=O)NO)cc1. The molecule has 0 bridgehead atoms. The van der Waals surface area contributed by atoms with Crippen LogP contribution in [0.2, 0.25) is 0 Å². The third kappa shape index (κ3) is 10.7. The molecule has 0 aromatic heterocycles. The van der Waals surface area contributed by atoms with E-state index in [1.54, 1.807) is 23.9 Å². The van der Waals surface area contributed by atoms with Gasteiger partial charge in [0.25, 0.3) is 5.91 Å². The van der Waals surface area contributed by atoms with Gasteiger partial charge in [-0.1, -0.05) is 24.3 Å². The number of carbonyl (C=O) groups is 4. The first-order valence-electron chi connectivity index (χ1n) is 11.1. The van der Waals surface area contributed by atoms with Crippen molar-refractivity contribution in [1.82, 2.24) is 20.8 Å². The third-order valence-electron chi connectivity index (χ3n) is 4.99. The molecule has 10 nitrogen and oxygen atoms in total. The van der Waals surface area contributed by atoms with Gasteiger partial charge in [0.15, 0.2) is 0 Å². The highest BCUT2D eigenvalue weighted by Gasteiger charge is 2.21. The Morgan fingerprint density at radius 2 is 1.58 bits per heavy atom. The predicted molar refractivity (Wildman–Crippen MR) is 139 cm³/mol. The molecule has 12 heteroatoms. The van der Waals surface area contributed by atoms with E-state index in [4.69, 9.17) is 10.3 Å². The third-order valence-corrected chi connectivity index (χ3v) is 6.46. The second-order valence-corrected chi connectivity index (χ2v) is 9.56. The van der Waals surface area contributed by atoms with Gasteiger partial charge >= 0.3 is 5.97 Å². The Morgan fingerprint density at radius 3 is 2.19 bits per heavy atom. The van der Waals surface area contributed by atoms with Crippen LogP contribution in [0.25, 0.3) is 0 Å². The Bertz CT molecular complexity index is 1020. The average molecular weight is 535 g/mol. The molecule has 0 aliphatic rings. The molecule has 0 saturated heterocycles. The fraction of sp³-hybridized carbons (Fsp3) is 0.333. The van der Waals surface area contributed by atoms with Gasteiger partial charge in [-0.05, 0) is 60.0 Å². The van der Waals surface area contributed by atoms with E-state index in [2.05, 4.69) is 15.4 Å². The minimum absolute atomic E-state index is 0.0376. The Labute approximate surface area is 218 Å². The van der Waals surface area contributed by atoms with Crippen LogP contribution in [-0.4, -0.2) is 59.4 Å². The summed E-state index contributed by atoms with van der Waals surface area (Å²) in [5.74, 6) is -1.64. The first kappa shape index (κ1) is 29.2. The molecule has 0 unspecified atom stereocenters. The molecule has 2 aromatic rings. The fourth-order valence-electron chi connectivity index (χ4n) is 3.05. The van der Waals surface area contributed by atoms with E-state index in [0.717, 1.165) is 16.2 Å². The lowest BCUT2D eigenvalue weighted by molar-refractivity contribution is -0.134. The van der Waals surface area contributed by atoms with E-state index in [1.165, 1.54) is 35.1 Å². The molecule has 0 heterocycles. The van der Waals surface area contributed by atoms with E-state index >= 15 is 0 Å². The van der Waals surface area contributed by atoms with Gasteiger partial charge in [-0.3, -0.25) is 24.3 Å². The van der Waals surface area contributed by atoms with Crippen LogP contribution < -0.4 is 20.8 Å². The molecule has 0 fully saturated rings. The van der Waals surface area contributed by atoms with Crippen LogP contribution in [0.3, 0.4) is 0 Å². The van der Waals surface area contributed by atoms with Gasteiger partial charge in [-0.2, -0.15) is 11.8 Å². The van der Waals surface area contributed by atoms with E-state index in [0.29, 0.717) is 6.42 Å². The van der Waals surface area contributed by atoms with E-state index in [9.17, 15) is 19.2 Å². The summed E-state index contributed by atoms with van der Waals surface area (Å²) in [6.07, 6.45) is 2.83. The number of hydroxylamine groups is 1. The summed E-state index contributed by atoms with van der Waals surface area (Å²) in [7, 11) is 0. The summed E-state index contributed by atoms with van der Waals surface area (Å²) in [4.78, 5) is 48.0.